The van der Waals surface area contributed by atoms with Gasteiger partial charge in [-0.05, 0) is 0 Å². The molecular formula is C53H31F3Se. The second-order valence-electron chi connectivity index (χ2n) is 14.6. The molecule has 11 rings (SSSR count). The van der Waals surface area contributed by atoms with Gasteiger partial charge < -0.3 is 0 Å². The molecule has 0 aliphatic heterocycles. The summed E-state index contributed by atoms with van der Waals surface area (Å²) in [6, 6.07) is 64.3. The SMILES string of the molecule is FC(F)(F)c1ccc(-c2c3ccccc3c(-c3cccc4c3[se]c3cccc(-c5c6ccccc6c(-c6ccccc6)c6ccccc56)c34)c3ccccc23)cc1. The zero-order chi connectivity index (χ0) is 38.3. The standard InChI is InChI=1S/C53H31F3Se/c54-53(55,56)34-30-28-33(29-31-34)48-37-18-6-10-22-41(37)50(42-23-11-7-19-38(42)48)44-25-12-26-45-51-43(24-13-27-46(51)57-52(44)45)49-39-20-8-4-16-35(39)47(32-14-2-1-3-15-32)36-17-5-9-21-40(36)49/h1-31H. The number of hydrogen-bond acceptors (Lipinski definition) is 0. The van der Waals surface area contributed by atoms with Crippen LogP contribution in [0.2, 0.25) is 0 Å². The molecule has 4 heteroatoms. The van der Waals surface area contributed by atoms with E-state index >= 15 is 0 Å². The van der Waals surface area contributed by atoms with E-state index in [0.29, 0.717) is 0 Å². The van der Waals surface area contributed by atoms with E-state index in [1.807, 2.05) is 12.1 Å². The van der Waals surface area contributed by atoms with E-state index in [0.717, 1.165) is 38.2 Å². The van der Waals surface area contributed by atoms with Gasteiger partial charge in [0.2, 0.25) is 0 Å². The van der Waals surface area contributed by atoms with Gasteiger partial charge in [0.05, 0.1) is 0 Å². The predicted octanol–water partition coefficient (Wildman–Crippen LogP) is 15.3. The van der Waals surface area contributed by atoms with Crippen molar-refractivity contribution in [2.75, 3.05) is 0 Å². The molecule has 0 N–H and O–H groups in total. The molecular weight excluding hydrogens is 773 g/mol. The summed E-state index contributed by atoms with van der Waals surface area (Å²) in [6.07, 6.45) is -4.40. The van der Waals surface area contributed by atoms with Crippen LogP contribution in [-0.2, 0) is 6.18 Å². The summed E-state index contributed by atoms with van der Waals surface area (Å²) in [5, 5.41) is 11.7. The maximum atomic E-state index is 13.6. The Morgan fingerprint density at radius 2 is 0.702 bits per heavy atom. The molecule has 0 saturated carbocycles. The second-order valence-corrected chi connectivity index (χ2v) is 16.8. The van der Waals surface area contributed by atoms with Crippen LogP contribution in [-0.4, -0.2) is 14.5 Å². The quantitative estimate of drug-likeness (QED) is 0.123. The second kappa shape index (κ2) is 13.1. The van der Waals surface area contributed by atoms with Crippen LogP contribution < -0.4 is 0 Å². The molecule has 0 nitrogen and oxygen atoms in total. The average Bonchev–Trinajstić information content (AvgIpc) is 3.64. The normalized spacial score (nSPS) is 12.1. The monoisotopic (exact) mass is 804 g/mol. The molecule has 57 heavy (non-hydrogen) atoms. The number of benzene rings is 10. The molecule has 0 radical (unpaired) electrons. The third-order valence-corrected chi connectivity index (χ3v) is 14.0. The number of fused-ring (bicyclic) bond motifs is 7. The first kappa shape index (κ1) is 33.9. The summed E-state index contributed by atoms with van der Waals surface area (Å²) in [5.41, 5.74) is 8.38. The van der Waals surface area contributed by atoms with Gasteiger partial charge in [-0.25, -0.2) is 0 Å². The van der Waals surface area contributed by atoms with E-state index in [-0.39, 0.29) is 14.5 Å². The Morgan fingerprint density at radius 1 is 0.316 bits per heavy atom. The molecule has 1 heterocycles. The van der Waals surface area contributed by atoms with Gasteiger partial charge in [-0.3, -0.25) is 0 Å². The molecule has 0 amide bonds. The van der Waals surface area contributed by atoms with Crippen molar-refractivity contribution in [3.05, 3.63) is 194 Å². The van der Waals surface area contributed by atoms with Crippen molar-refractivity contribution in [1.29, 1.82) is 0 Å². The number of alkyl halides is 3. The van der Waals surface area contributed by atoms with Crippen molar-refractivity contribution in [3.63, 3.8) is 0 Å². The molecule has 270 valence electrons. The topological polar surface area (TPSA) is 0 Å². The van der Waals surface area contributed by atoms with Gasteiger partial charge in [0.1, 0.15) is 0 Å². The van der Waals surface area contributed by atoms with Gasteiger partial charge in [-0.2, -0.15) is 0 Å². The molecule has 0 bridgehead atoms. The Labute approximate surface area is 332 Å². The molecule has 0 spiro atoms. The van der Waals surface area contributed by atoms with Gasteiger partial charge in [0.25, 0.3) is 0 Å². The summed E-state index contributed by atoms with van der Waals surface area (Å²) in [4.78, 5) is 0. The Hall–Kier alpha value is -6.45. The molecule has 10 aromatic carbocycles. The van der Waals surface area contributed by atoms with Crippen LogP contribution in [0.4, 0.5) is 13.2 Å². The Balaban J connectivity index is 1.20. The van der Waals surface area contributed by atoms with Gasteiger partial charge in [0, 0.05) is 0 Å². The zero-order valence-corrected chi connectivity index (χ0v) is 32.2. The van der Waals surface area contributed by atoms with Gasteiger partial charge in [-0.15, -0.1) is 0 Å². The van der Waals surface area contributed by atoms with Crippen LogP contribution in [0.1, 0.15) is 5.56 Å². The van der Waals surface area contributed by atoms with E-state index in [1.165, 1.54) is 80.8 Å². The summed E-state index contributed by atoms with van der Waals surface area (Å²) >= 11 is 0.0150. The molecule has 0 fully saturated rings. The Morgan fingerprint density at radius 3 is 1.19 bits per heavy atom. The van der Waals surface area contributed by atoms with Crippen molar-refractivity contribution < 1.29 is 13.2 Å². The molecule has 11 aromatic rings. The van der Waals surface area contributed by atoms with E-state index in [1.54, 1.807) is 12.1 Å². The Kier molecular flexibility index (Phi) is 7.76. The van der Waals surface area contributed by atoms with E-state index in [2.05, 4.69) is 152 Å². The van der Waals surface area contributed by atoms with Crippen LogP contribution in [0, 0.1) is 0 Å². The number of halogens is 3. The molecule has 0 aliphatic rings. The van der Waals surface area contributed by atoms with Crippen molar-refractivity contribution >= 4 is 76.9 Å². The first-order valence-electron chi connectivity index (χ1n) is 19.0. The fourth-order valence-electron chi connectivity index (χ4n) is 9.14. The van der Waals surface area contributed by atoms with Crippen molar-refractivity contribution in [1.82, 2.24) is 0 Å². The summed E-state index contributed by atoms with van der Waals surface area (Å²) in [6.45, 7) is 0. The third-order valence-electron chi connectivity index (χ3n) is 11.5. The summed E-state index contributed by atoms with van der Waals surface area (Å²) in [7, 11) is 0. The first-order valence-corrected chi connectivity index (χ1v) is 20.7. The fraction of sp³-hybridized carbons (Fsp3) is 0.0189. The van der Waals surface area contributed by atoms with E-state index in [4.69, 9.17) is 0 Å². The summed E-state index contributed by atoms with van der Waals surface area (Å²) < 4.78 is 43.6. The van der Waals surface area contributed by atoms with Crippen LogP contribution in [0.3, 0.4) is 0 Å². The van der Waals surface area contributed by atoms with Gasteiger partial charge >= 0.3 is 334 Å². The summed E-state index contributed by atoms with van der Waals surface area (Å²) in [5.74, 6) is 0. The molecule has 0 aliphatic carbocycles. The number of rotatable bonds is 4. The minimum atomic E-state index is -4.40. The molecule has 0 saturated heterocycles. The van der Waals surface area contributed by atoms with Crippen molar-refractivity contribution in [2.45, 2.75) is 6.18 Å². The first-order chi connectivity index (χ1) is 28.0. The van der Waals surface area contributed by atoms with Crippen molar-refractivity contribution in [3.8, 4) is 44.5 Å². The maximum absolute atomic E-state index is 13.6. The van der Waals surface area contributed by atoms with E-state index < -0.39 is 11.7 Å². The number of hydrogen-bond donors (Lipinski definition) is 0. The minimum absolute atomic E-state index is 0.0150. The fourth-order valence-corrected chi connectivity index (χ4v) is 11.8. The molecule has 0 atom stereocenters. The van der Waals surface area contributed by atoms with Crippen LogP contribution in [0.25, 0.3) is 107 Å². The predicted molar refractivity (Wildman–Crippen MR) is 235 cm³/mol. The van der Waals surface area contributed by atoms with E-state index in [9.17, 15) is 13.2 Å². The van der Waals surface area contributed by atoms with Gasteiger partial charge in [0.15, 0.2) is 0 Å². The van der Waals surface area contributed by atoms with Crippen LogP contribution in [0.5, 0.6) is 0 Å². The molecule has 1 aromatic heterocycles. The van der Waals surface area contributed by atoms with Crippen LogP contribution in [0.15, 0.2) is 188 Å². The molecule has 0 unspecified atom stereocenters. The van der Waals surface area contributed by atoms with Gasteiger partial charge in [-0.1, -0.05) is 0 Å². The van der Waals surface area contributed by atoms with Crippen LogP contribution >= 0.6 is 0 Å². The third kappa shape index (κ3) is 5.29. The average molecular weight is 804 g/mol. The van der Waals surface area contributed by atoms with Crippen molar-refractivity contribution in [2.24, 2.45) is 0 Å². The zero-order valence-electron chi connectivity index (χ0n) is 30.4. The Bertz CT molecular complexity index is 3260.